The Morgan fingerprint density at radius 3 is 2.56 bits per heavy atom. The average molecular weight is 218 g/mol. The second kappa shape index (κ2) is 3.92. The molecule has 2 rings (SSSR count). The highest BCUT2D eigenvalue weighted by Gasteiger charge is 2.11. The van der Waals surface area contributed by atoms with Crippen molar-refractivity contribution in [3.63, 3.8) is 0 Å². The lowest BCUT2D eigenvalue weighted by molar-refractivity contribution is 0.775. The summed E-state index contributed by atoms with van der Waals surface area (Å²) in [6.07, 6.45) is 0.716. The Morgan fingerprint density at radius 1 is 1.31 bits per heavy atom. The van der Waals surface area contributed by atoms with Gasteiger partial charge in [0, 0.05) is 11.3 Å². The minimum Gasteiger partial charge on any atom is -0.294 e. The molecular weight excluding hydrogens is 204 g/mol. The molecular formula is C11H14N4O. The van der Waals surface area contributed by atoms with Gasteiger partial charge in [0.25, 0.3) is 5.56 Å². The summed E-state index contributed by atoms with van der Waals surface area (Å²) >= 11 is 0. The normalized spacial score (nSPS) is 10.7. The lowest BCUT2D eigenvalue weighted by Gasteiger charge is -1.98. The van der Waals surface area contributed by atoms with Crippen molar-refractivity contribution in [1.29, 1.82) is 0 Å². The highest BCUT2D eigenvalue weighted by molar-refractivity contribution is 5.25. The van der Waals surface area contributed by atoms with E-state index in [2.05, 4.69) is 15.3 Å². The van der Waals surface area contributed by atoms with Crippen molar-refractivity contribution in [2.45, 2.75) is 27.2 Å². The quantitative estimate of drug-likeness (QED) is 0.822. The summed E-state index contributed by atoms with van der Waals surface area (Å²) in [5.74, 6) is 0.526. The molecule has 0 aliphatic carbocycles. The Balaban J connectivity index is 2.57. The van der Waals surface area contributed by atoms with Crippen LogP contribution in [-0.2, 0) is 6.42 Å². The largest absolute Gasteiger partial charge is 0.294 e. The average Bonchev–Trinajstić information content (AvgIpc) is 2.55. The fourth-order valence-corrected chi connectivity index (χ4v) is 1.67. The number of hydrogen-bond donors (Lipinski definition) is 1. The van der Waals surface area contributed by atoms with E-state index in [1.807, 2.05) is 26.8 Å². The van der Waals surface area contributed by atoms with E-state index in [0.717, 1.165) is 17.0 Å². The zero-order valence-electron chi connectivity index (χ0n) is 9.61. The Kier molecular flexibility index (Phi) is 2.60. The van der Waals surface area contributed by atoms with Gasteiger partial charge in [-0.05, 0) is 32.4 Å². The first-order valence-electron chi connectivity index (χ1n) is 5.24. The lowest BCUT2D eigenvalue weighted by Crippen LogP contribution is -2.18. The van der Waals surface area contributed by atoms with Gasteiger partial charge in [0.2, 0.25) is 0 Å². The van der Waals surface area contributed by atoms with Gasteiger partial charge in [-0.1, -0.05) is 6.92 Å². The molecule has 2 aromatic heterocycles. The first-order valence-corrected chi connectivity index (χ1v) is 5.24. The summed E-state index contributed by atoms with van der Waals surface area (Å²) in [6, 6.07) is 3.61. The van der Waals surface area contributed by atoms with Gasteiger partial charge in [-0.3, -0.25) is 9.89 Å². The van der Waals surface area contributed by atoms with Crippen molar-refractivity contribution in [2.75, 3.05) is 0 Å². The minimum absolute atomic E-state index is 0.0434. The minimum atomic E-state index is -0.0434. The maximum Gasteiger partial charge on any atom is 0.276 e. The fourth-order valence-electron chi connectivity index (χ4n) is 1.67. The Hall–Kier alpha value is -1.91. The summed E-state index contributed by atoms with van der Waals surface area (Å²) in [6.45, 7) is 5.71. The summed E-state index contributed by atoms with van der Waals surface area (Å²) in [7, 11) is 0. The molecule has 5 nitrogen and oxygen atoms in total. The van der Waals surface area contributed by atoms with Gasteiger partial charge in [0.05, 0.1) is 5.69 Å². The lowest BCUT2D eigenvalue weighted by atomic mass is 10.2. The molecule has 0 saturated heterocycles. The van der Waals surface area contributed by atoms with Crippen LogP contribution in [0.15, 0.2) is 16.9 Å². The third-order valence-corrected chi connectivity index (χ3v) is 2.56. The molecule has 0 aromatic carbocycles. The number of hydrogen-bond acceptors (Lipinski definition) is 3. The number of aromatic amines is 1. The first kappa shape index (κ1) is 10.6. The fraction of sp³-hybridized carbons (Fsp3) is 0.364. The summed E-state index contributed by atoms with van der Waals surface area (Å²) < 4.78 is 1.43. The molecule has 0 radical (unpaired) electrons. The first-order chi connectivity index (χ1) is 7.63. The summed E-state index contributed by atoms with van der Waals surface area (Å²) in [5.41, 5.74) is 2.46. The van der Waals surface area contributed by atoms with Crippen molar-refractivity contribution in [1.82, 2.24) is 20.0 Å². The third kappa shape index (κ3) is 1.64. The van der Waals surface area contributed by atoms with Crippen molar-refractivity contribution >= 4 is 0 Å². The van der Waals surface area contributed by atoms with E-state index < -0.39 is 0 Å². The molecule has 0 saturated carbocycles. The summed E-state index contributed by atoms with van der Waals surface area (Å²) in [5, 5.41) is 10.9. The molecule has 1 N–H and O–H groups in total. The molecule has 0 spiro atoms. The Labute approximate surface area is 93.1 Å². The van der Waals surface area contributed by atoms with Crippen LogP contribution in [0.1, 0.15) is 23.9 Å². The SMILES string of the molecule is CCc1c(C)[nH]n(-c2ccc(C)nn2)c1=O. The van der Waals surface area contributed by atoms with Gasteiger partial charge in [0.15, 0.2) is 5.82 Å². The van der Waals surface area contributed by atoms with Crippen LogP contribution in [0.4, 0.5) is 0 Å². The smallest absolute Gasteiger partial charge is 0.276 e. The van der Waals surface area contributed by atoms with Gasteiger partial charge in [0.1, 0.15) is 0 Å². The van der Waals surface area contributed by atoms with E-state index in [1.54, 1.807) is 6.07 Å². The van der Waals surface area contributed by atoms with Gasteiger partial charge in [-0.15, -0.1) is 5.10 Å². The number of rotatable bonds is 2. The predicted molar refractivity (Wildman–Crippen MR) is 60.8 cm³/mol. The van der Waals surface area contributed by atoms with Crippen LogP contribution in [0.3, 0.4) is 0 Å². The zero-order chi connectivity index (χ0) is 11.7. The topological polar surface area (TPSA) is 63.6 Å². The second-order valence-electron chi connectivity index (χ2n) is 3.74. The molecule has 84 valence electrons. The van der Waals surface area contributed by atoms with Gasteiger partial charge in [-0.2, -0.15) is 9.78 Å². The third-order valence-electron chi connectivity index (χ3n) is 2.56. The van der Waals surface area contributed by atoms with E-state index in [1.165, 1.54) is 4.68 Å². The van der Waals surface area contributed by atoms with Crippen LogP contribution >= 0.6 is 0 Å². The molecule has 0 fully saturated rings. The van der Waals surface area contributed by atoms with Crippen LogP contribution in [0.5, 0.6) is 0 Å². The summed E-state index contributed by atoms with van der Waals surface area (Å²) in [4.78, 5) is 12.0. The van der Waals surface area contributed by atoms with Crippen molar-refractivity contribution in [2.24, 2.45) is 0 Å². The molecule has 0 atom stereocenters. The number of aryl methyl sites for hydroxylation is 2. The molecule has 0 aliphatic rings. The van der Waals surface area contributed by atoms with Crippen molar-refractivity contribution < 1.29 is 0 Å². The predicted octanol–water partition coefficient (Wildman–Crippen LogP) is 1.13. The second-order valence-corrected chi connectivity index (χ2v) is 3.74. The van der Waals surface area contributed by atoms with E-state index in [0.29, 0.717) is 12.2 Å². The van der Waals surface area contributed by atoms with E-state index in [9.17, 15) is 4.79 Å². The molecule has 0 aliphatic heterocycles. The van der Waals surface area contributed by atoms with Crippen LogP contribution in [0, 0.1) is 13.8 Å². The van der Waals surface area contributed by atoms with Crippen molar-refractivity contribution in [3.8, 4) is 5.82 Å². The molecule has 0 amide bonds. The zero-order valence-corrected chi connectivity index (χ0v) is 9.61. The maximum atomic E-state index is 12.0. The van der Waals surface area contributed by atoms with Crippen LogP contribution < -0.4 is 5.56 Å². The monoisotopic (exact) mass is 218 g/mol. The molecule has 5 heteroatoms. The highest BCUT2D eigenvalue weighted by Crippen LogP contribution is 2.04. The molecule has 2 aromatic rings. The maximum absolute atomic E-state index is 12.0. The number of aromatic nitrogens is 4. The number of nitrogens with one attached hydrogen (secondary N) is 1. The van der Waals surface area contributed by atoms with Crippen molar-refractivity contribution in [3.05, 3.63) is 39.4 Å². The van der Waals surface area contributed by atoms with Crippen LogP contribution in [0.2, 0.25) is 0 Å². The standard InChI is InChI=1S/C11H14N4O/c1-4-9-8(3)14-15(11(9)16)10-6-5-7(2)12-13-10/h5-6,14H,4H2,1-3H3. The van der Waals surface area contributed by atoms with Gasteiger partial charge < -0.3 is 0 Å². The van der Waals surface area contributed by atoms with E-state index in [-0.39, 0.29) is 5.56 Å². The Bertz CT molecular complexity index is 550. The van der Waals surface area contributed by atoms with Crippen LogP contribution in [0.25, 0.3) is 5.82 Å². The van der Waals surface area contributed by atoms with Gasteiger partial charge >= 0.3 is 0 Å². The number of H-pyrrole nitrogens is 1. The van der Waals surface area contributed by atoms with Gasteiger partial charge in [-0.25, -0.2) is 0 Å². The van der Waals surface area contributed by atoms with Crippen LogP contribution in [-0.4, -0.2) is 20.0 Å². The highest BCUT2D eigenvalue weighted by atomic mass is 16.1. The van der Waals surface area contributed by atoms with E-state index >= 15 is 0 Å². The molecule has 0 unspecified atom stereocenters. The Morgan fingerprint density at radius 2 is 2.06 bits per heavy atom. The van der Waals surface area contributed by atoms with E-state index in [4.69, 9.17) is 0 Å². The number of nitrogens with zero attached hydrogens (tertiary/aromatic N) is 3. The molecule has 16 heavy (non-hydrogen) atoms. The molecule has 0 bridgehead atoms. The molecule has 2 heterocycles.